The molecule has 0 aromatic heterocycles. The third-order valence-electron chi connectivity index (χ3n) is 18.9. The second-order valence-corrected chi connectivity index (χ2v) is 27.3. The number of nitrogens with two attached hydrogens (primary N) is 1. The van der Waals surface area contributed by atoms with Gasteiger partial charge in [-0.2, -0.15) is 0 Å². The van der Waals surface area contributed by atoms with E-state index in [1.165, 1.54) is 41.5 Å². The molecule has 0 spiro atoms. The summed E-state index contributed by atoms with van der Waals surface area (Å²) in [5, 5.41) is 8.77. The first kappa shape index (κ1) is 93.4. The van der Waals surface area contributed by atoms with Crippen molar-refractivity contribution in [2.24, 2.45) is 41.2 Å². The molecule has 104 heavy (non-hydrogen) atoms. The lowest BCUT2D eigenvalue weighted by Crippen LogP contribution is -2.58. The number of carbonyl (C=O) groups excluding carboxylic acids is 9. The summed E-state index contributed by atoms with van der Waals surface area (Å²) in [6.45, 7) is 26.8. The summed E-state index contributed by atoms with van der Waals surface area (Å²) < 4.78 is 103. The highest BCUT2D eigenvalue weighted by Crippen LogP contribution is 2.35. The fraction of sp³-hybridized carbons (Fsp3) is 0.877. The molecule has 3 aliphatic heterocycles. The lowest BCUT2D eigenvalue weighted by molar-refractivity contribution is -0.247. The molecular weight excluding hydrogens is 1360 g/mol. The van der Waals surface area contributed by atoms with Crippen LogP contribution in [0.25, 0.3) is 0 Å². The molecule has 31 nitrogen and oxygen atoms in total. The van der Waals surface area contributed by atoms with Gasteiger partial charge in [0.15, 0.2) is 18.9 Å². The van der Waals surface area contributed by atoms with E-state index in [1.54, 1.807) is 0 Å². The van der Waals surface area contributed by atoms with Crippen LogP contribution in [0.3, 0.4) is 0 Å². The second kappa shape index (κ2) is 54.7. The third kappa shape index (κ3) is 40.9. The van der Waals surface area contributed by atoms with Crippen molar-refractivity contribution in [2.75, 3.05) is 159 Å². The molecule has 3 heterocycles. The van der Waals surface area contributed by atoms with Gasteiger partial charge in [-0.3, -0.25) is 43.2 Å². The van der Waals surface area contributed by atoms with Crippen LogP contribution in [0.4, 0.5) is 0 Å². The Labute approximate surface area is 615 Å². The van der Waals surface area contributed by atoms with Gasteiger partial charge in [-0.05, 0) is 74.0 Å². The maximum absolute atomic E-state index is 13.2. The number of hydrogen-bond acceptors (Lipinski definition) is 28. The third-order valence-corrected chi connectivity index (χ3v) is 18.9. The summed E-state index contributed by atoms with van der Waals surface area (Å²) in [7, 11) is 0. The van der Waals surface area contributed by atoms with E-state index < -0.39 is 78.8 Å². The molecule has 3 aliphatic rings. The molecule has 0 radical (unpaired) electrons. The van der Waals surface area contributed by atoms with Crippen molar-refractivity contribution < 1.29 is 128 Å². The van der Waals surface area contributed by atoms with Gasteiger partial charge in [0.1, 0.15) is 37.2 Å². The van der Waals surface area contributed by atoms with Crippen LogP contribution in [0.1, 0.15) is 160 Å². The smallest absolute Gasteiger partial charge is 0.302 e. The Hall–Kier alpha value is -4.81. The Bertz CT molecular complexity index is 2190. The van der Waals surface area contributed by atoms with Crippen molar-refractivity contribution in [3.05, 3.63) is 0 Å². The topological polar surface area (TPSA) is 382 Å². The molecule has 15 unspecified atom stereocenters. The van der Waals surface area contributed by atoms with Crippen molar-refractivity contribution in [1.29, 1.82) is 0 Å². The zero-order valence-corrected chi connectivity index (χ0v) is 64.2. The van der Waals surface area contributed by atoms with Gasteiger partial charge in [-0.15, -0.1) is 0 Å². The molecule has 3 amide bonds. The molecule has 31 heteroatoms. The number of ether oxygens (including phenoxy) is 18. The number of ketones is 3. The number of nitrogens with one attached hydrogen (secondary N) is 3. The van der Waals surface area contributed by atoms with Crippen LogP contribution >= 0.6 is 0 Å². The van der Waals surface area contributed by atoms with Crippen molar-refractivity contribution in [3.8, 4) is 0 Å². The quantitative estimate of drug-likeness (QED) is 0.0371. The number of Topliss-reactive ketones (excluding diaryl/α,β-unsaturated/α-hetero) is 3. The van der Waals surface area contributed by atoms with Crippen LogP contribution in [0.2, 0.25) is 0 Å². The van der Waals surface area contributed by atoms with Gasteiger partial charge < -0.3 is 107 Å². The van der Waals surface area contributed by atoms with Crippen molar-refractivity contribution in [3.63, 3.8) is 0 Å². The minimum Gasteiger partial charge on any atom is -0.463 e. The Balaban J connectivity index is 1.34. The van der Waals surface area contributed by atoms with E-state index in [-0.39, 0.29) is 169 Å². The van der Waals surface area contributed by atoms with Crippen LogP contribution in [0.15, 0.2) is 0 Å². The van der Waals surface area contributed by atoms with Crippen molar-refractivity contribution >= 4 is 53.0 Å². The average molecular weight is 1490 g/mol. The highest BCUT2D eigenvalue weighted by atomic mass is 16.7. The number of rotatable bonds is 60. The molecular formula is C73H128N4O27. The van der Waals surface area contributed by atoms with Crippen LogP contribution in [-0.4, -0.2) is 272 Å². The van der Waals surface area contributed by atoms with Gasteiger partial charge in [0.2, 0.25) is 17.7 Å². The number of carbonyl (C=O) groups is 9. The maximum atomic E-state index is 13.2. The minimum atomic E-state index is -0.930. The van der Waals surface area contributed by atoms with Gasteiger partial charge in [-0.1, -0.05) is 41.5 Å². The van der Waals surface area contributed by atoms with Crippen LogP contribution < -0.4 is 21.7 Å². The largest absolute Gasteiger partial charge is 0.463 e. The van der Waals surface area contributed by atoms with Gasteiger partial charge in [0, 0.05) is 105 Å². The first-order valence-electron chi connectivity index (χ1n) is 37.3. The SMILES string of the molecule is CC(=O)NC1C(OCCOCCOCCOCCCC(=O)CCC(N)(CCC(=O)CCCOCCOCCOCCOC2OC(COC(C)=O)C(C)C(C)C2NC(C)=O)CCC(=O)CCCOCCOCCOCCOC2OC(COC(C)=O)C(C)C(C)C2NC(C)=O)OC(COC(C)=O)C(C)C1C. The molecule has 15 atom stereocenters. The fourth-order valence-electron chi connectivity index (χ4n) is 12.1. The molecule has 0 aliphatic carbocycles. The molecule has 5 N–H and O–H groups in total. The first-order chi connectivity index (χ1) is 49.7. The van der Waals surface area contributed by atoms with Gasteiger partial charge in [0.05, 0.1) is 155 Å². The Morgan fingerprint density at radius 3 is 0.731 bits per heavy atom. The summed E-state index contributed by atoms with van der Waals surface area (Å²) >= 11 is 0. The lowest BCUT2D eigenvalue weighted by atomic mass is 9.82. The van der Waals surface area contributed by atoms with E-state index in [4.69, 9.17) is 91.0 Å². The lowest BCUT2D eigenvalue weighted by Gasteiger charge is -2.44. The molecule has 3 rings (SSSR count). The summed E-state index contributed by atoms with van der Waals surface area (Å²) in [5.74, 6) is -1.86. The predicted octanol–water partition coefficient (Wildman–Crippen LogP) is 4.47. The molecule has 0 aromatic carbocycles. The summed E-state index contributed by atoms with van der Waals surface area (Å²) in [4.78, 5) is 110. The standard InChI is InChI=1S/C73H128N4O27/c1-49-52(4)67(75-55(7)78)70(102-64(49)46-99-58(10)81)96-43-40-93-37-34-90-31-28-87-25-13-16-61(84)19-22-73(74,23-20-62(85)17-14-26-88-29-32-91-35-38-94-41-44-97-71-68(76-56(8)79)53(5)50(2)65(103-71)47-100-59(11)82)24-21-63(86)18-15-27-89-30-33-92-36-39-95-42-45-98-72-69(77-57(9)80)54(6)51(3)66(104-72)48-101-60(12)83/h49-54,64-72H,13-48,74H2,1-12H3,(H,75,78)(H,76,79)(H,77,80). The monoisotopic (exact) mass is 1490 g/mol. The molecule has 3 fully saturated rings. The van der Waals surface area contributed by atoms with Gasteiger partial charge in [0.25, 0.3) is 0 Å². The zero-order chi connectivity index (χ0) is 76.7. The van der Waals surface area contributed by atoms with Gasteiger partial charge in [-0.25, -0.2) is 0 Å². The summed E-state index contributed by atoms with van der Waals surface area (Å²) in [6, 6.07) is -1.18. The van der Waals surface area contributed by atoms with Gasteiger partial charge >= 0.3 is 17.9 Å². The van der Waals surface area contributed by atoms with E-state index in [2.05, 4.69) is 16.0 Å². The van der Waals surface area contributed by atoms with Crippen molar-refractivity contribution in [1.82, 2.24) is 16.0 Å². The maximum Gasteiger partial charge on any atom is 0.302 e. The van der Waals surface area contributed by atoms with E-state index in [9.17, 15) is 43.2 Å². The Morgan fingerprint density at radius 2 is 0.519 bits per heavy atom. The second-order valence-electron chi connectivity index (χ2n) is 27.3. The Kier molecular flexibility index (Phi) is 49.1. The van der Waals surface area contributed by atoms with Crippen LogP contribution in [-0.2, 0) is 128 Å². The predicted molar refractivity (Wildman–Crippen MR) is 376 cm³/mol. The average Bonchev–Trinajstić information content (AvgIpc) is 0.817. The first-order valence-corrected chi connectivity index (χ1v) is 37.3. The van der Waals surface area contributed by atoms with Crippen molar-refractivity contribution in [2.45, 2.75) is 221 Å². The van der Waals surface area contributed by atoms with Crippen LogP contribution in [0.5, 0.6) is 0 Å². The summed E-state index contributed by atoms with van der Waals surface area (Å²) in [5.41, 5.74) is 6.05. The summed E-state index contributed by atoms with van der Waals surface area (Å²) in [6.07, 6.45) is 0.392. The number of esters is 3. The highest BCUT2D eigenvalue weighted by Gasteiger charge is 2.46. The van der Waals surface area contributed by atoms with E-state index in [0.29, 0.717) is 138 Å². The van der Waals surface area contributed by atoms with E-state index in [1.807, 2.05) is 41.5 Å². The molecule has 0 bridgehead atoms. The van der Waals surface area contributed by atoms with Crippen LogP contribution in [0, 0.1) is 35.5 Å². The van der Waals surface area contributed by atoms with E-state index >= 15 is 0 Å². The fourth-order valence-corrected chi connectivity index (χ4v) is 12.1. The normalized spacial score (nSPS) is 25.3. The number of amides is 3. The van der Waals surface area contributed by atoms with E-state index in [0.717, 1.165) is 0 Å². The zero-order valence-electron chi connectivity index (χ0n) is 64.2. The number of hydrogen-bond donors (Lipinski definition) is 4. The molecule has 0 saturated carbocycles. The minimum absolute atomic E-state index is 0.00576. The molecule has 3 saturated heterocycles. The Morgan fingerprint density at radius 1 is 0.308 bits per heavy atom. The molecule has 0 aromatic rings. The molecule has 602 valence electrons. The highest BCUT2D eigenvalue weighted by molar-refractivity contribution is 5.80.